The second-order valence-electron chi connectivity index (χ2n) is 15.1. The monoisotopic (exact) mass is 560 g/mol. The Balaban J connectivity index is 1.27. The Hall–Kier alpha value is -0.760. The maximum atomic E-state index is 11.5. The number of allylic oxidation sites excluding steroid dienone is 2. The molecule has 0 aromatic carbocycles. The summed E-state index contributed by atoms with van der Waals surface area (Å²) in [7, 11) is 0. The van der Waals surface area contributed by atoms with E-state index in [9.17, 15) is 20.4 Å². The minimum atomic E-state index is -1.27. The van der Waals surface area contributed by atoms with Crippen molar-refractivity contribution in [3.05, 3.63) is 23.8 Å². The van der Waals surface area contributed by atoms with E-state index in [-0.39, 0.29) is 23.0 Å². The highest BCUT2D eigenvalue weighted by Gasteiger charge is 2.61. The minimum Gasteiger partial charge on any atom is -0.393 e. The molecular weight excluding hydrogens is 504 g/mol. The SMILES string of the molecule is C=C(CC[C@@H](C)[C@H]1[C@@H](O)C[C@H]2[C@@H]3CC=C4C[C@@H](O[C@@H]5O[C@@H](C)[C@@H](O)[C@@H](O)[C@@H]5O)CC[C@]4(C)[C@H]3CC[C@]12C)C(C)C. The molecule has 0 unspecified atom stereocenters. The first-order valence-corrected chi connectivity index (χ1v) is 16.2. The highest BCUT2D eigenvalue weighted by Crippen LogP contribution is 2.67. The molecule has 14 atom stereocenters. The lowest BCUT2D eigenvalue weighted by atomic mass is 9.47. The molecule has 0 bridgehead atoms. The summed E-state index contributed by atoms with van der Waals surface area (Å²) in [4.78, 5) is 0. The Morgan fingerprint density at radius 1 is 1.05 bits per heavy atom. The van der Waals surface area contributed by atoms with Crippen LogP contribution in [0.2, 0.25) is 0 Å². The van der Waals surface area contributed by atoms with Crippen LogP contribution in [0.1, 0.15) is 99.3 Å². The van der Waals surface area contributed by atoms with Crippen LogP contribution >= 0.6 is 0 Å². The fourth-order valence-electron chi connectivity index (χ4n) is 10.0. The number of hydrogen-bond donors (Lipinski definition) is 4. The summed E-state index contributed by atoms with van der Waals surface area (Å²) in [6, 6.07) is 0. The van der Waals surface area contributed by atoms with Crippen molar-refractivity contribution in [3.8, 4) is 0 Å². The van der Waals surface area contributed by atoms with Crippen molar-refractivity contribution >= 4 is 0 Å². The van der Waals surface area contributed by atoms with Crippen molar-refractivity contribution in [3.63, 3.8) is 0 Å². The lowest BCUT2D eigenvalue weighted by molar-refractivity contribution is -0.305. The molecule has 0 radical (unpaired) electrons. The quantitative estimate of drug-likeness (QED) is 0.312. The smallest absolute Gasteiger partial charge is 0.186 e. The Morgan fingerprint density at radius 3 is 2.48 bits per heavy atom. The van der Waals surface area contributed by atoms with E-state index in [0.717, 1.165) is 44.9 Å². The Labute approximate surface area is 242 Å². The first-order valence-electron chi connectivity index (χ1n) is 16.2. The molecule has 4 N–H and O–H groups in total. The van der Waals surface area contributed by atoms with E-state index in [4.69, 9.17) is 9.47 Å². The Morgan fingerprint density at radius 2 is 1.77 bits per heavy atom. The molecule has 5 rings (SSSR count). The lowest BCUT2D eigenvalue weighted by Gasteiger charge is -2.58. The summed E-state index contributed by atoms with van der Waals surface area (Å²) in [5.74, 6) is 3.18. The van der Waals surface area contributed by atoms with Crippen molar-refractivity contribution in [2.75, 3.05) is 0 Å². The van der Waals surface area contributed by atoms with Crippen LogP contribution in [0.4, 0.5) is 0 Å². The molecule has 1 saturated heterocycles. The van der Waals surface area contributed by atoms with E-state index in [1.54, 1.807) is 6.92 Å². The number of rotatable bonds is 7. The third-order valence-corrected chi connectivity index (χ3v) is 12.7. The van der Waals surface area contributed by atoms with E-state index in [2.05, 4.69) is 47.3 Å². The average Bonchev–Trinajstić information content (AvgIpc) is 3.18. The van der Waals surface area contributed by atoms with E-state index in [1.165, 1.54) is 24.0 Å². The average molecular weight is 561 g/mol. The summed E-state index contributed by atoms with van der Waals surface area (Å²) in [6.07, 6.45) is 6.40. The van der Waals surface area contributed by atoms with Gasteiger partial charge >= 0.3 is 0 Å². The van der Waals surface area contributed by atoms with Gasteiger partial charge in [-0.05, 0) is 111 Å². The molecule has 5 aliphatic rings. The third-order valence-electron chi connectivity index (χ3n) is 12.7. The second-order valence-corrected chi connectivity index (χ2v) is 15.1. The Kier molecular flexibility index (Phi) is 8.74. The van der Waals surface area contributed by atoms with E-state index in [0.29, 0.717) is 35.5 Å². The first-order chi connectivity index (χ1) is 18.8. The normalized spacial score (nSPS) is 49.6. The largest absolute Gasteiger partial charge is 0.393 e. The molecule has 6 nitrogen and oxygen atoms in total. The zero-order valence-electron chi connectivity index (χ0n) is 25.8. The lowest BCUT2D eigenvalue weighted by Crippen LogP contribution is -2.58. The molecular formula is C34H56O6. The van der Waals surface area contributed by atoms with Crippen molar-refractivity contribution in [2.24, 2.45) is 46.3 Å². The van der Waals surface area contributed by atoms with Crippen molar-refractivity contribution in [2.45, 2.75) is 142 Å². The zero-order chi connectivity index (χ0) is 29.1. The van der Waals surface area contributed by atoms with Gasteiger partial charge < -0.3 is 29.9 Å². The molecule has 1 aliphatic heterocycles. The predicted octanol–water partition coefficient (Wildman–Crippen LogP) is 5.38. The van der Waals surface area contributed by atoms with Crippen molar-refractivity contribution in [1.82, 2.24) is 0 Å². The maximum Gasteiger partial charge on any atom is 0.186 e. The Bertz CT molecular complexity index is 962. The molecule has 1 heterocycles. The molecule has 3 saturated carbocycles. The topological polar surface area (TPSA) is 99.4 Å². The number of fused-ring (bicyclic) bond motifs is 5. The molecule has 4 aliphatic carbocycles. The van der Waals surface area contributed by atoms with Crippen LogP contribution in [-0.4, -0.2) is 63.3 Å². The predicted molar refractivity (Wildman–Crippen MR) is 156 cm³/mol. The molecule has 6 heteroatoms. The standard InChI is InChI=1S/C34H56O6/c1-18(2)19(3)8-9-20(4)28-27(35)17-26-24-11-10-22-16-23(40-32-31(38)30(37)29(36)21(5)39-32)12-14-33(22,6)25(24)13-15-34(26,28)7/h10,18,20-21,23-32,35-38H,3,8-9,11-17H2,1-2,4-7H3/t20-,21+,23+,24-,25+,26+,27+,28+,29-,30-,31+,32+,33+,34+/m1/s1. The van der Waals surface area contributed by atoms with Gasteiger partial charge in [-0.2, -0.15) is 0 Å². The van der Waals surface area contributed by atoms with Crippen LogP contribution in [0.3, 0.4) is 0 Å². The van der Waals surface area contributed by atoms with Gasteiger partial charge in [0.15, 0.2) is 6.29 Å². The molecule has 228 valence electrons. The van der Waals surface area contributed by atoms with E-state index < -0.39 is 30.7 Å². The maximum absolute atomic E-state index is 11.5. The highest BCUT2D eigenvalue weighted by molar-refractivity contribution is 5.26. The van der Waals surface area contributed by atoms with Gasteiger partial charge in [-0.25, -0.2) is 0 Å². The number of aliphatic hydroxyl groups is 4. The minimum absolute atomic E-state index is 0.0712. The summed E-state index contributed by atoms with van der Waals surface area (Å²) < 4.78 is 12.0. The fraction of sp³-hybridized carbons (Fsp3) is 0.882. The number of hydrogen-bond acceptors (Lipinski definition) is 6. The molecule has 4 fully saturated rings. The first kappa shape index (κ1) is 30.7. The van der Waals surface area contributed by atoms with Crippen LogP contribution in [0.5, 0.6) is 0 Å². The van der Waals surface area contributed by atoms with Crippen LogP contribution in [-0.2, 0) is 9.47 Å². The van der Waals surface area contributed by atoms with Gasteiger partial charge in [0.2, 0.25) is 0 Å². The number of ether oxygens (including phenoxy) is 2. The molecule has 40 heavy (non-hydrogen) atoms. The fourth-order valence-corrected chi connectivity index (χ4v) is 10.0. The highest BCUT2D eigenvalue weighted by atomic mass is 16.7. The van der Waals surface area contributed by atoms with Crippen LogP contribution < -0.4 is 0 Å². The van der Waals surface area contributed by atoms with Gasteiger partial charge in [0.1, 0.15) is 18.3 Å². The van der Waals surface area contributed by atoms with Gasteiger partial charge in [-0.15, -0.1) is 0 Å². The van der Waals surface area contributed by atoms with Crippen molar-refractivity contribution < 1.29 is 29.9 Å². The second kappa shape index (κ2) is 11.4. The van der Waals surface area contributed by atoms with Crippen LogP contribution in [0.25, 0.3) is 0 Å². The summed E-state index contributed by atoms with van der Waals surface area (Å²) in [5, 5.41) is 42.2. The third kappa shape index (κ3) is 5.17. The summed E-state index contributed by atoms with van der Waals surface area (Å²) >= 11 is 0. The molecule has 0 aromatic heterocycles. The number of aliphatic hydroxyl groups excluding tert-OH is 4. The van der Waals surface area contributed by atoms with Gasteiger partial charge in [-0.3, -0.25) is 0 Å². The zero-order valence-corrected chi connectivity index (χ0v) is 25.8. The van der Waals surface area contributed by atoms with Crippen LogP contribution in [0.15, 0.2) is 23.8 Å². The van der Waals surface area contributed by atoms with E-state index in [1.807, 2.05) is 0 Å². The molecule has 0 spiro atoms. The molecule has 0 amide bonds. The van der Waals surface area contributed by atoms with Gasteiger partial charge in [0.05, 0.1) is 18.3 Å². The van der Waals surface area contributed by atoms with Gasteiger partial charge in [0, 0.05) is 0 Å². The molecule has 0 aromatic rings. The van der Waals surface area contributed by atoms with E-state index >= 15 is 0 Å². The summed E-state index contributed by atoms with van der Waals surface area (Å²) in [5.41, 5.74) is 3.14. The van der Waals surface area contributed by atoms with Crippen LogP contribution in [0, 0.1) is 46.3 Å². The van der Waals surface area contributed by atoms with Gasteiger partial charge in [-0.1, -0.05) is 58.4 Å². The summed E-state index contributed by atoms with van der Waals surface area (Å²) in [6.45, 7) is 17.8. The van der Waals surface area contributed by atoms with Crippen molar-refractivity contribution in [1.29, 1.82) is 0 Å². The van der Waals surface area contributed by atoms with Gasteiger partial charge in [0.25, 0.3) is 0 Å².